The van der Waals surface area contributed by atoms with E-state index in [0.717, 1.165) is 17.8 Å². The normalized spacial score (nSPS) is 25.6. The number of rotatable bonds is 4. The molecule has 0 aliphatic heterocycles. The summed E-state index contributed by atoms with van der Waals surface area (Å²) in [5, 5.41) is 0. The molecule has 3 saturated carbocycles. The summed E-state index contributed by atoms with van der Waals surface area (Å²) in [7, 11) is 0. The van der Waals surface area contributed by atoms with E-state index in [9.17, 15) is 0 Å². The smallest absolute Gasteiger partial charge is 0.0311 e. The van der Waals surface area contributed by atoms with E-state index in [1.165, 1.54) is 109 Å². The van der Waals surface area contributed by atoms with E-state index >= 15 is 0 Å². The number of hydrogen-bond acceptors (Lipinski definition) is 1. The first-order valence-corrected chi connectivity index (χ1v) is 13.0. The van der Waals surface area contributed by atoms with Crippen LogP contribution in [0.1, 0.15) is 123 Å². The van der Waals surface area contributed by atoms with Gasteiger partial charge in [0.05, 0.1) is 0 Å². The van der Waals surface area contributed by atoms with Gasteiger partial charge in [0.2, 0.25) is 0 Å². The van der Waals surface area contributed by atoms with Crippen LogP contribution in [0.4, 0.5) is 0 Å². The molecule has 0 bridgehead atoms. The summed E-state index contributed by atoms with van der Waals surface area (Å²) in [6, 6.07) is 0. The topological polar surface area (TPSA) is 0 Å². The molecule has 0 radical (unpaired) electrons. The predicted octanol–water partition coefficient (Wildman–Crippen LogP) is 8.44. The largest absolute Gasteiger partial charge is 0.140 e. The van der Waals surface area contributed by atoms with Crippen LogP contribution in [0.15, 0.2) is 5.57 Å². The molecule has 4 aliphatic rings. The van der Waals surface area contributed by atoms with Crippen LogP contribution in [0, 0.1) is 11.8 Å². The monoisotopic (exact) mass is 382 g/mol. The summed E-state index contributed by atoms with van der Waals surface area (Å²) in [6.07, 6.45) is 27.6. The molecule has 1 heterocycles. The molecule has 3 fully saturated rings. The molecule has 1 aromatic rings. The van der Waals surface area contributed by atoms with Gasteiger partial charge in [-0.05, 0) is 73.5 Å². The first kappa shape index (κ1) is 18.5. The Hall–Kier alpha value is -0.560. The Labute approximate surface area is 170 Å². The van der Waals surface area contributed by atoms with E-state index in [1.807, 2.05) is 21.6 Å². The maximum Gasteiger partial charge on any atom is 0.0311 e. The van der Waals surface area contributed by atoms with Crippen molar-refractivity contribution in [1.82, 2.24) is 0 Å². The molecule has 5 rings (SSSR count). The average molecular weight is 383 g/mol. The third kappa shape index (κ3) is 3.96. The van der Waals surface area contributed by atoms with Crippen LogP contribution in [0.25, 0.3) is 6.08 Å². The SMILES string of the molecule is C1=C(C2CCCCC2)Cc2c1sc(CC1CCCCC1)c2C1CCCCC1. The van der Waals surface area contributed by atoms with Gasteiger partial charge in [0.1, 0.15) is 0 Å². The zero-order chi connectivity index (χ0) is 18.1. The zero-order valence-corrected chi connectivity index (χ0v) is 18.1. The second kappa shape index (κ2) is 8.44. The van der Waals surface area contributed by atoms with Gasteiger partial charge in [-0.1, -0.05) is 76.2 Å². The van der Waals surface area contributed by atoms with Crippen molar-refractivity contribution in [3.05, 3.63) is 26.5 Å². The van der Waals surface area contributed by atoms with Gasteiger partial charge in [0.15, 0.2) is 0 Å². The van der Waals surface area contributed by atoms with Crippen LogP contribution in [-0.4, -0.2) is 0 Å². The van der Waals surface area contributed by atoms with Crippen LogP contribution >= 0.6 is 11.3 Å². The van der Waals surface area contributed by atoms with Crippen LogP contribution in [0.5, 0.6) is 0 Å². The van der Waals surface area contributed by atoms with Crippen molar-refractivity contribution >= 4 is 17.4 Å². The minimum atomic E-state index is 0.899. The molecular formula is C26H38S. The quantitative estimate of drug-likeness (QED) is 0.490. The molecule has 0 amide bonds. The summed E-state index contributed by atoms with van der Waals surface area (Å²) in [5.41, 5.74) is 5.53. The number of hydrogen-bond donors (Lipinski definition) is 0. The lowest BCUT2D eigenvalue weighted by molar-refractivity contribution is 0.356. The van der Waals surface area contributed by atoms with Gasteiger partial charge in [-0.25, -0.2) is 0 Å². The predicted molar refractivity (Wildman–Crippen MR) is 119 cm³/mol. The minimum Gasteiger partial charge on any atom is -0.140 e. The minimum absolute atomic E-state index is 0.899. The first-order chi connectivity index (χ1) is 13.4. The Bertz CT molecular complexity index is 661. The summed E-state index contributed by atoms with van der Waals surface area (Å²) < 4.78 is 0. The van der Waals surface area contributed by atoms with Gasteiger partial charge in [-0.2, -0.15) is 0 Å². The second-order valence-electron chi connectivity index (χ2n) is 10.1. The van der Waals surface area contributed by atoms with Gasteiger partial charge in [0, 0.05) is 9.75 Å². The molecule has 27 heavy (non-hydrogen) atoms. The van der Waals surface area contributed by atoms with Gasteiger partial charge >= 0.3 is 0 Å². The van der Waals surface area contributed by atoms with Crippen molar-refractivity contribution in [3.63, 3.8) is 0 Å². The Morgan fingerprint density at radius 1 is 0.704 bits per heavy atom. The molecule has 0 unspecified atom stereocenters. The van der Waals surface area contributed by atoms with Crippen molar-refractivity contribution in [2.45, 2.75) is 115 Å². The second-order valence-corrected chi connectivity index (χ2v) is 11.2. The highest BCUT2D eigenvalue weighted by Gasteiger charge is 2.32. The average Bonchev–Trinajstić information content (AvgIpc) is 3.28. The molecule has 0 nitrogen and oxygen atoms in total. The van der Waals surface area contributed by atoms with Gasteiger partial charge < -0.3 is 0 Å². The van der Waals surface area contributed by atoms with Crippen LogP contribution in [0.3, 0.4) is 0 Å². The highest BCUT2D eigenvalue weighted by Crippen LogP contribution is 2.48. The fourth-order valence-electron chi connectivity index (χ4n) is 6.68. The molecule has 0 atom stereocenters. The first-order valence-electron chi connectivity index (χ1n) is 12.2. The van der Waals surface area contributed by atoms with E-state index in [4.69, 9.17) is 0 Å². The number of thiophene rings is 1. The van der Waals surface area contributed by atoms with E-state index in [-0.39, 0.29) is 0 Å². The molecule has 1 aromatic heterocycles. The summed E-state index contributed by atoms with van der Waals surface area (Å²) >= 11 is 2.23. The highest BCUT2D eigenvalue weighted by atomic mass is 32.1. The Morgan fingerprint density at radius 3 is 1.96 bits per heavy atom. The van der Waals surface area contributed by atoms with Gasteiger partial charge in [0.25, 0.3) is 0 Å². The van der Waals surface area contributed by atoms with Crippen molar-refractivity contribution in [3.8, 4) is 0 Å². The molecule has 0 aromatic carbocycles. The van der Waals surface area contributed by atoms with Crippen molar-refractivity contribution in [2.24, 2.45) is 11.8 Å². The lowest BCUT2D eigenvalue weighted by Crippen LogP contribution is -2.13. The molecule has 148 valence electrons. The summed E-state index contributed by atoms with van der Waals surface area (Å²) in [4.78, 5) is 3.53. The van der Waals surface area contributed by atoms with Crippen molar-refractivity contribution < 1.29 is 0 Å². The molecular weight excluding hydrogens is 344 g/mol. The molecule has 0 spiro atoms. The van der Waals surface area contributed by atoms with E-state index in [1.54, 1.807) is 4.88 Å². The molecule has 4 aliphatic carbocycles. The van der Waals surface area contributed by atoms with Crippen LogP contribution in [0.2, 0.25) is 0 Å². The molecule has 0 N–H and O–H groups in total. The Balaban J connectivity index is 1.41. The van der Waals surface area contributed by atoms with E-state index in [2.05, 4.69) is 17.4 Å². The highest BCUT2D eigenvalue weighted by molar-refractivity contribution is 7.13. The van der Waals surface area contributed by atoms with Crippen LogP contribution < -0.4 is 0 Å². The molecule has 1 heteroatoms. The Kier molecular flexibility index (Phi) is 5.77. The number of allylic oxidation sites excluding steroid dienone is 1. The lowest BCUT2D eigenvalue weighted by atomic mass is 9.78. The lowest BCUT2D eigenvalue weighted by Gasteiger charge is -2.27. The maximum atomic E-state index is 2.67. The zero-order valence-electron chi connectivity index (χ0n) is 17.2. The van der Waals surface area contributed by atoms with Crippen molar-refractivity contribution in [2.75, 3.05) is 0 Å². The van der Waals surface area contributed by atoms with Gasteiger partial charge in [-0.3, -0.25) is 0 Å². The third-order valence-electron chi connectivity index (χ3n) is 8.20. The fourth-order valence-corrected chi connectivity index (χ4v) is 8.18. The van der Waals surface area contributed by atoms with E-state index < -0.39 is 0 Å². The summed E-state index contributed by atoms with van der Waals surface area (Å²) in [5.74, 6) is 2.80. The van der Waals surface area contributed by atoms with Crippen molar-refractivity contribution in [1.29, 1.82) is 0 Å². The molecule has 0 saturated heterocycles. The standard InChI is InChI=1S/C26H38S/c1-4-10-19(11-5-1)16-25-26(21-14-8-3-9-15-21)23-17-22(18-24(23)27-25)20-12-6-2-7-13-20/h18-21H,1-17H2. The van der Waals surface area contributed by atoms with Gasteiger partial charge in [-0.15, -0.1) is 11.3 Å². The van der Waals surface area contributed by atoms with Crippen LogP contribution in [-0.2, 0) is 12.8 Å². The summed E-state index contributed by atoms with van der Waals surface area (Å²) in [6.45, 7) is 0. The third-order valence-corrected chi connectivity index (χ3v) is 9.41. The maximum absolute atomic E-state index is 2.67. The fraction of sp³-hybridized carbons (Fsp3) is 0.769. The Morgan fingerprint density at radius 2 is 1.30 bits per heavy atom. The number of fused-ring (bicyclic) bond motifs is 1. The van der Waals surface area contributed by atoms with E-state index in [0.29, 0.717) is 0 Å².